The highest BCUT2D eigenvalue weighted by atomic mass is 35.5. The van der Waals surface area contributed by atoms with Crippen molar-refractivity contribution < 1.29 is 14.3 Å². The van der Waals surface area contributed by atoms with Crippen molar-refractivity contribution in [3.8, 4) is 5.75 Å². The van der Waals surface area contributed by atoms with E-state index in [9.17, 15) is 9.59 Å². The number of aryl methyl sites for hydroxylation is 1. The number of aromatic nitrogens is 3. The summed E-state index contributed by atoms with van der Waals surface area (Å²) in [5, 5.41) is 15.2. The first-order valence-electron chi connectivity index (χ1n) is 10.0. The van der Waals surface area contributed by atoms with Crippen molar-refractivity contribution in [2.75, 3.05) is 23.5 Å². The van der Waals surface area contributed by atoms with Crippen molar-refractivity contribution >= 4 is 58.2 Å². The molecular formula is C22H23Cl2N5O3S. The quantitative estimate of drug-likeness (QED) is 0.402. The fourth-order valence-corrected chi connectivity index (χ4v) is 4.15. The molecule has 0 saturated heterocycles. The predicted molar refractivity (Wildman–Crippen MR) is 132 cm³/mol. The van der Waals surface area contributed by atoms with Gasteiger partial charge >= 0.3 is 0 Å². The maximum atomic E-state index is 12.5. The van der Waals surface area contributed by atoms with Crippen molar-refractivity contribution in [2.24, 2.45) is 0 Å². The number of carbonyl (C=O) groups excluding carboxylic acids is 2. The monoisotopic (exact) mass is 507 g/mol. The Morgan fingerprint density at radius 2 is 1.85 bits per heavy atom. The predicted octanol–water partition coefficient (Wildman–Crippen LogP) is 4.83. The van der Waals surface area contributed by atoms with Gasteiger partial charge in [0.05, 0.1) is 35.0 Å². The molecule has 0 spiro atoms. The van der Waals surface area contributed by atoms with Crippen LogP contribution in [0.5, 0.6) is 5.75 Å². The topological polar surface area (TPSA) is 98.1 Å². The Labute approximate surface area is 206 Å². The minimum absolute atomic E-state index is 0.0222. The van der Waals surface area contributed by atoms with Gasteiger partial charge in [-0.25, -0.2) is 0 Å². The van der Waals surface area contributed by atoms with Crippen molar-refractivity contribution in [3.63, 3.8) is 0 Å². The molecule has 0 radical (unpaired) electrons. The number of nitrogens with zero attached hydrogens (tertiary/aromatic N) is 3. The number of halogens is 2. The van der Waals surface area contributed by atoms with Gasteiger partial charge < -0.3 is 19.9 Å². The number of hydrogen-bond acceptors (Lipinski definition) is 6. The summed E-state index contributed by atoms with van der Waals surface area (Å²) in [7, 11) is 1.55. The molecule has 2 amide bonds. The van der Waals surface area contributed by atoms with Crippen LogP contribution in [-0.4, -0.2) is 39.4 Å². The normalized spacial score (nSPS) is 10.7. The van der Waals surface area contributed by atoms with Gasteiger partial charge in [-0.1, -0.05) is 41.0 Å². The zero-order valence-electron chi connectivity index (χ0n) is 18.3. The number of benzene rings is 2. The van der Waals surface area contributed by atoms with Crippen LogP contribution in [0, 0.1) is 6.92 Å². The van der Waals surface area contributed by atoms with Gasteiger partial charge in [0.25, 0.3) is 0 Å². The van der Waals surface area contributed by atoms with Gasteiger partial charge in [0.15, 0.2) is 5.16 Å². The molecule has 8 nitrogen and oxygen atoms in total. The lowest BCUT2D eigenvalue weighted by Crippen LogP contribution is -2.18. The molecule has 11 heteroatoms. The molecule has 0 saturated carbocycles. The number of rotatable bonds is 9. The molecule has 0 aliphatic heterocycles. The van der Waals surface area contributed by atoms with Gasteiger partial charge in [0.2, 0.25) is 11.8 Å². The van der Waals surface area contributed by atoms with Gasteiger partial charge in [0, 0.05) is 12.2 Å². The summed E-state index contributed by atoms with van der Waals surface area (Å²) in [5.41, 5.74) is 2.16. The minimum atomic E-state index is -0.267. The number of nitrogens with one attached hydrogen (secondary N) is 2. The molecular weight excluding hydrogens is 485 g/mol. The van der Waals surface area contributed by atoms with Crippen LogP contribution in [-0.2, 0) is 22.6 Å². The van der Waals surface area contributed by atoms with E-state index >= 15 is 0 Å². The van der Waals surface area contributed by atoms with Crippen LogP contribution in [0.2, 0.25) is 10.0 Å². The van der Waals surface area contributed by atoms with Gasteiger partial charge in [-0.3, -0.25) is 9.59 Å². The van der Waals surface area contributed by atoms with Crippen LogP contribution in [0.25, 0.3) is 0 Å². The van der Waals surface area contributed by atoms with Crippen LogP contribution >= 0.6 is 35.0 Å². The van der Waals surface area contributed by atoms with Crippen LogP contribution in [0.3, 0.4) is 0 Å². The van der Waals surface area contributed by atoms with Gasteiger partial charge in [0.1, 0.15) is 11.6 Å². The molecule has 1 aromatic heterocycles. The second-order valence-electron chi connectivity index (χ2n) is 7.04. The van der Waals surface area contributed by atoms with Crippen molar-refractivity contribution in [2.45, 2.75) is 32.0 Å². The smallest absolute Gasteiger partial charge is 0.234 e. The summed E-state index contributed by atoms with van der Waals surface area (Å²) in [6.07, 6.45) is 0.0222. The zero-order valence-corrected chi connectivity index (χ0v) is 20.6. The maximum absolute atomic E-state index is 12.5. The Morgan fingerprint density at radius 1 is 1.06 bits per heavy atom. The first kappa shape index (κ1) is 24.9. The van der Waals surface area contributed by atoms with Crippen LogP contribution in [0.1, 0.15) is 18.3 Å². The standard InChI is InChI=1S/C22H23Cl2N5O3S/c1-4-29-19(11-20(30)25-14-6-7-15(23)16(24)10-14)27-28-22(29)33-12-21(31)26-17-9-13(2)5-8-18(17)32-3/h5-10H,4,11-12H2,1-3H3,(H,25,30)(H,26,31). The van der Waals surface area contributed by atoms with E-state index in [4.69, 9.17) is 27.9 Å². The summed E-state index contributed by atoms with van der Waals surface area (Å²) in [6.45, 7) is 4.41. The number of hydrogen-bond donors (Lipinski definition) is 2. The first-order chi connectivity index (χ1) is 15.8. The summed E-state index contributed by atoms with van der Waals surface area (Å²) >= 11 is 13.1. The summed E-state index contributed by atoms with van der Waals surface area (Å²) < 4.78 is 7.10. The first-order valence-corrected chi connectivity index (χ1v) is 11.8. The Morgan fingerprint density at radius 3 is 2.55 bits per heavy atom. The molecule has 0 bridgehead atoms. The Kier molecular flexibility index (Phi) is 8.60. The average molecular weight is 508 g/mol. The summed E-state index contributed by atoms with van der Waals surface area (Å²) in [6, 6.07) is 10.4. The van der Waals surface area contributed by atoms with E-state index in [-0.39, 0.29) is 24.0 Å². The molecule has 0 atom stereocenters. The molecule has 2 N–H and O–H groups in total. The summed E-state index contributed by atoms with van der Waals surface area (Å²) in [5.74, 6) is 0.749. The van der Waals surface area contributed by atoms with Gasteiger partial charge in [-0.15, -0.1) is 10.2 Å². The maximum Gasteiger partial charge on any atom is 0.234 e. The molecule has 33 heavy (non-hydrogen) atoms. The van der Waals surface area contributed by atoms with E-state index in [1.54, 1.807) is 35.9 Å². The zero-order chi connectivity index (χ0) is 24.0. The lowest BCUT2D eigenvalue weighted by atomic mass is 10.2. The third kappa shape index (κ3) is 6.63. The average Bonchev–Trinajstić information content (AvgIpc) is 3.16. The third-order valence-electron chi connectivity index (χ3n) is 4.59. The van der Waals surface area contributed by atoms with E-state index in [1.807, 2.05) is 26.0 Å². The number of amides is 2. The SMILES string of the molecule is CCn1c(CC(=O)Nc2ccc(Cl)c(Cl)c2)nnc1SCC(=O)Nc1cc(C)ccc1OC. The molecule has 3 rings (SSSR count). The molecule has 0 fully saturated rings. The molecule has 1 heterocycles. The van der Waals surface area contributed by atoms with Crippen molar-refractivity contribution in [3.05, 3.63) is 57.8 Å². The Bertz CT molecular complexity index is 1170. The van der Waals surface area contributed by atoms with E-state index in [0.717, 1.165) is 5.56 Å². The van der Waals surface area contributed by atoms with E-state index in [1.165, 1.54) is 11.8 Å². The van der Waals surface area contributed by atoms with Crippen LogP contribution in [0.4, 0.5) is 11.4 Å². The number of methoxy groups -OCH3 is 1. The minimum Gasteiger partial charge on any atom is -0.495 e. The lowest BCUT2D eigenvalue weighted by molar-refractivity contribution is -0.116. The fraction of sp³-hybridized carbons (Fsp3) is 0.273. The molecule has 2 aromatic carbocycles. The van der Waals surface area contributed by atoms with E-state index in [0.29, 0.717) is 44.7 Å². The number of ether oxygens (including phenoxy) is 1. The largest absolute Gasteiger partial charge is 0.495 e. The number of carbonyl (C=O) groups is 2. The highest BCUT2D eigenvalue weighted by molar-refractivity contribution is 7.99. The number of thioether (sulfide) groups is 1. The molecule has 0 aliphatic carbocycles. The molecule has 0 unspecified atom stereocenters. The van der Waals surface area contributed by atoms with E-state index < -0.39 is 0 Å². The molecule has 3 aromatic rings. The van der Waals surface area contributed by atoms with Gasteiger partial charge in [-0.2, -0.15) is 0 Å². The van der Waals surface area contributed by atoms with E-state index in [2.05, 4.69) is 20.8 Å². The van der Waals surface area contributed by atoms with Crippen molar-refractivity contribution in [1.29, 1.82) is 0 Å². The van der Waals surface area contributed by atoms with Crippen molar-refractivity contribution in [1.82, 2.24) is 14.8 Å². The molecule has 0 aliphatic rings. The Hall–Kier alpha value is -2.75. The highest BCUT2D eigenvalue weighted by Gasteiger charge is 2.17. The van der Waals surface area contributed by atoms with Gasteiger partial charge in [-0.05, 0) is 49.7 Å². The lowest BCUT2D eigenvalue weighted by Gasteiger charge is -2.11. The number of anilines is 2. The molecule has 174 valence electrons. The second-order valence-corrected chi connectivity index (χ2v) is 8.79. The third-order valence-corrected chi connectivity index (χ3v) is 6.30. The fourth-order valence-electron chi connectivity index (χ4n) is 3.03. The Balaban J connectivity index is 1.61. The highest BCUT2D eigenvalue weighted by Crippen LogP contribution is 2.27. The van der Waals surface area contributed by atoms with Crippen LogP contribution < -0.4 is 15.4 Å². The summed E-state index contributed by atoms with van der Waals surface area (Å²) in [4.78, 5) is 24.9. The van der Waals surface area contributed by atoms with Crippen LogP contribution in [0.15, 0.2) is 41.6 Å². The second kappa shape index (κ2) is 11.4.